The Kier molecular flexibility index (Phi) is 12.1. The molecule has 42 heavy (non-hydrogen) atoms. The van der Waals surface area contributed by atoms with Crippen LogP contribution in [0.25, 0.3) is 0 Å². The Bertz CT molecular complexity index is 1280. The molecule has 1 aromatic rings. The number of nitrogens with zero attached hydrogens (tertiary/aromatic N) is 2. The van der Waals surface area contributed by atoms with E-state index in [0.717, 1.165) is 48.6 Å². The van der Waals surface area contributed by atoms with Crippen molar-refractivity contribution in [1.29, 1.82) is 0 Å². The smallest absolute Gasteiger partial charge is 0.356 e. The summed E-state index contributed by atoms with van der Waals surface area (Å²) in [5.74, 6) is 0.734. The summed E-state index contributed by atoms with van der Waals surface area (Å²) in [7, 11) is 3.32. The first-order valence-corrected chi connectivity index (χ1v) is 14.3. The number of hydrogen-bond acceptors (Lipinski definition) is 10. The van der Waals surface area contributed by atoms with Crippen LogP contribution in [0.1, 0.15) is 31.2 Å². The first-order chi connectivity index (χ1) is 20.5. The predicted octanol–water partition coefficient (Wildman–Crippen LogP) is 3.25. The Labute approximate surface area is 247 Å². The van der Waals surface area contributed by atoms with Crippen LogP contribution in [-0.2, 0) is 30.3 Å². The topological polar surface area (TPSA) is 120 Å². The van der Waals surface area contributed by atoms with E-state index in [1.165, 1.54) is 5.57 Å². The van der Waals surface area contributed by atoms with Crippen molar-refractivity contribution < 1.29 is 28.5 Å². The molecule has 2 N–H and O–H groups in total. The molecule has 2 aliphatic heterocycles. The molecule has 224 valence electrons. The fourth-order valence-electron chi connectivity index (χ4n) is 4.74. The molecule has 10 heteroatoms. The van der Waals surface area contributed by atoms with E-state index in [1.807, 2.05) is 42.5 Å². The molecule has 1 aromatic carbocycles. The summed E-state index contributed by atoms with van der Waals surface area (Å²) in [6, 6.07) is 7.19. The number of aliphatic imine (C=N–C) groups is 2. The van der Waals surface area contributed by atoms with Gasteiger partial charge in [-0.15, -0.1) is 0 Å². The summed E-state index contributed by atoms with van der Waals surface area (Å²) >= 11 is 0. The number of ether oxygens (including phenoxy) is 4. The van der Waals surface area contributed by atoms with Gasteiger partial charge in [0.15, 0.2) is 6.04 Å². The van der Waals surface area contributed by atoms with Gasteiger partial charge in [0, 0.05) is 31.9 Å². The lowest BCUT2D eigenvalue weighted by atomic mass is 10.0. The van der Waals surface area contributed by atoms with E-state index in [0.29, 0.717) is 26.1 Å². The Hall–Kier alpha value is -4.02. The van der Waals surface area contributed by atoms with E-state index in [-0.39, 0.29) is 25.0 Å². The van der Waals surface area contributed by atoms with Crippen molar-refractivity contribution in [1.82, 2.24) is 10.6 Å². The Morgan fingerprint density at radius 3 is 2.67 bits per heavy atom. The number of rotatable bonds is 15. The van der Waals surface area contributed by atoms with Crippen LogP contribution >= 0.6 is 0 Å². The van der Waals surface area contributed by atoms with Gasteiger partial charge in [0.1, 0.15) is 30.4 Å². The zero-order chi connectivity index (χ0) is 29.6. The van der Waals surface area contributed by atoms with Gasteiger partial charge in [0.05, 0.1) is 20.3 Å². The Morgan fingerprint density at radius 2 is 1.81 bits per heavy atom. The monoisotopic (exact) mass is 576 g/mol. The fourth-order valence-corrected chi connectivity index (χ4v) is 4.74. The molecule has 2 unspecified atom stereocenters. The maximum absolute atomic E-state index is 12.6. The summed E-state index contributed by atoms with van der Waals surface area (Å²) < 4.78 is 21.2. The molecular formula is C32H40N4O6. The lowest BCUT2D eigenvalue weighted by Gasteiger charge is -2.18. The highest BCUT2D eigenvalue weighted by atomic mass is 16.6. The maximum Gasteiger partial charge on any atom is 0.356 e. The van der Waals surface area contributed by atoms with E-state index in [1.54, 1.807) is 20.3 Å². The second kappa shape index (κ2) is 16.4. The largest absolute Gasteiger partial charge is 0.497 e. The number of carbonyl (C=O) groups is 2. The van der Waals surface area contributed by atoms with E-state index in [2.05, 4.69) is 32.8 Å². The molecule has 2 atom stereocenters. The fraction of sp³-hybridized carbons (Fsp3) is 0.438. The molecule has 0 aromatic heterocycles. The van der Waals surface area contributed by atoms with Gasteiger partial charge in [0.2, 0.25) is 0 Å². The van der Waals surface area contributed by atoms with Gasteiger partial charge in [0.25, 0.3) is 0 Å². The van der Waals surface area contributed by atoms with Crippen LogP contribution in [-0.4, -0.2) is 82.5 Å². The number of methoxy groups -OCH3 is 2. The highest BCUT2D eigenvalue weighted by molar-refractivity contribution is 6.41. The highest BCUT2D eigenvalue weighted by Crippen LogP contribution is 2.17. The van der Waals surface area contributed by atoms with Crippen LogP contribution < -0.4 is 15.4 Å². The molecule has 0 fully saturated rings. The lowest BCUT2D eigenvalue weighted by Crippen LogP contribution is -2.31. The van der Waals surface area contributed by atoms with E-state index >= 15 is 0 Å². The van der Waals surface area contributed by atoms with E-state index in [4.69, 9.17) is 18.9 Å². The molecule has 3 aliphatic rings. The maximum atomic E-state index is 12.6. The van der Waals surface area contributed by atoms with Gasteiger partial charge in [-0.2, -0.15) is 0 Å². The molecule has 0 bridgehead atoms. The quantitative estimate of drug-likeness (QED) is 0.241. The van der Waals surface area contributed by atoms with Crippen molar-refractivity contribution in [2.24, 2.45) is 9.98 Å². The molecule has 0 spiro atoms. The molecule has 4 rings (SSSR count). The number of dihydropyridines is 2. The van der Waals surface area contributed by atoms with Gasteiger partial charge < -0.3 is 29.6 Å². The summed E-state index contributed by atoms with van der Waals surface area (Å²) in [5, 5.41) is 6.76. The van der Waals surface area contributed by atoms with Gasteiger partial charge in [-0.25, -0.2) is 9.59 Å². The summed E-state index contributed by atoms with van der Waals surface area (Å²) in [4.78, 5) is 34.1. The van der Waals surface area contributed by atoms with Crippen LogP contribution in [0.4, 0.5) is 0 Å². The van der Waals surface area contributed by atoms with Crippen LogP contribution in [0, 0.1) is 0 Å². The number of carbonyl (C=O) groups excluding carboxylic acids is 2. The third-order valence-corrected chi connectivity index (χ3v) is 6.93. The normalized spacial score (nSPS) is 19.7. The van der Waals surface area contributed by atoms with Gasteiger partial charge in [-0.05, 0) is 67.7 Å². The molecule has 2 heterocycles. The average molecular weight is 577 g/mol. The van der Waals surface area contributed by atoms with Crippen LogP contribution in [0.15, 0.2) is 82.0 Å². The molecule has 1 aliphatic carbocycles. The first kappa shape index (κ1) is 30.9. The number of allylic oxidation sites excluding steroid dienone is 2. The number of hydrogen-bond donors (Lipinski definition) is 2. The minimum Gasteiger partial charge on any atom is -0.497 e. The van der Waals surface area contributed by atoms with Crippen molar-refractivity contribution in [2.45, 2.75) is 44.3 Å². The molecule has 0 saturated carbocycles. The van der Waals surface area contributed by atoms with Crippen molar-refractivity contribution in [3.8, 4) is 5.75 Å². The van der Waals surface area contributed by atoms with Gasteiger partial charge in [-0.1, -0.05) is 29.9 Å². The molecule has 0 amide bonds. The number of nitrogens with one attached hydrogen (secondary N) is 2. The third kappa shape index (κ3) is 9.81. The van der Waals surface area contributed by atoms with Gasteiger partial charge in [-0.3, -0.25) is 9.98 Å². The number of benzene rings is 1. The third-order valence-electron chi connectivity index (χ3n) is 6.93. The second-order valence-electron chi connectivity index (χ2n) is 10.1. The molecule has 0 saturated heterocycles. The minimum absolute atomic E-state index is 0.0418. The van der Waals surface area contributed by atoms with Crippen molar-refractivity contribution in [3.05, 3.63) is 77.6 Å². The average Bonchev–Trinajstić information content (AvgIpc) is 3.03. The SMILES string of the molecule is COC1=CCCC(CNCC2=NC(C(=O)OCCOC(=O)C3=NC(CNCc4cccc(OC)c4)CC=C3)CC=C2)=C1. The number of esters is 2. The standard InChI is InChI=1S/C32H40N4O6/c1-39-27-11-3-7-23(17-27)19-33-21-25-9-5-13-29(35-25)31(37)41-15-16-42-32(38)30-14-6-10-26(36-30)22-34-20-24-8-4-12-28(18-24)40-2/h3,5-7,10-13,17-18,25,30,33-34H,4,8-9,14-16,19-22H2,1-2H3. The summed E-state index contributed by atoms with van der Waals surface area (Å²) in [6.07, 6.45) is 14.7. The molecule has 0 radical (unpaired) electrons. The molecular weight excluding hydrogens is 536 g/mol. The van der Waals surface area contributed by atoms with E-state index < -0.39 is 18.0 Å². The first-order valence-electron chi connectivity index (χ1n) is 14.3. The van der Waals surface area contributed by atoms with Crippen molar-refractivity contribution >= 4 is 23.4 Å². The lowest BCUT2D eigenvalue weighted by molar-refractivity contribution is -0.150. The second-order valence-corrected chi connectivity index (χ2v) is 10.1. The summed E-state index contributed by atoms with van der Waals surface area (Å²) in [5.41, 5.74) is 3.43. The molecule has 10 nitrogen and oxygen atoms in total. The van der Waals surface area contributed by atoms with Crippen LogP contribution in [0.3, 0.4) is 0 Å². The zero-order valence-electron chi connectivity index (χ0n) is 24.3. The highest BCUT2D eigenvalue weighted by Gasteiger charge is 2.22. The minimum atomic E-state index is -0.602. The predicted molar refractivity (Wildman–Crippen MR) is 162 cm³/mol. The van der Waals surface area contributed by atoms with Crippen molar-refractivity contribution in [3.63, 3.8) is 0 Å². The van der Waals surface area contributed by atoms with Gasteiger partial charge >= 0.3 is 11.9 Å². The van der Waals surface area contributed by atoms with Crippen LogP contribution in [0.2, 0.25) is 0 Å². The zero-order valence-corrected chi connectivity index (χ0v) is 24.3. The van der Waals surface area contributed by atoms with E-state index in [9.17, 15) is 9.59 Å². The van der Waals surface area contributed by atoms with Crippen molar-refractivity contribution in [2.75, 3.05) is 47.1 Å². The summed E-state index contributed by atoms with van der Waals surface area (Å²) in [6.45, 7) is 2.48. The Balaban J connectivity index is 1.13. The Morgan fingerprint density at radius 1 is 0.952 bits per heavy atom. The van der Waals surface area contributed by atoms with Crippen LogP contribution in [0.5, 0.6) is 5.75 Å².